The quantitative estimate of drug-likeness (QED) is 0.779. The smallest absolute Gasteiger partial charge is 0.256 e. The summed E-state index contributed by atoms with van der Waals surface area (Å²) >= 11 is 0. The molecule has 2 nitrogen and oxygen atoms in total. The summed E-state index contributed by atoms with van der Waals surface area (Å²) in [4.78, 5) is 11.8. The number of amides is 1. The number of anilines is 1. The monoisotopic (exact) mass is 257 g/mol. The molecule has 0 atom stereocenters. The lowest BCUT2D eigenvalue weighted by Crippen LogP contribution is -2.03. The van der Waals surface area contributed by atoms with Crippen molar-refractivity contribution in [3.8, 4) is 0 Å². The van der Waals surface area contributed by atoms with Gasteiger partial charge in [-0.05, 0) is 30.3 Å². The van der Waals surface area contributed by atoms with E-state index < -0.39 is 11.6 Å². The number of nitrogens with one attached hydrogen (secondary N) is 1. The number of rotatable bonds is 1. The molecule has 2 aromatic carbocycles. The van der Waals surface area contributed by atoms with E-state index in [0.29, 0.717) is 22.4 Å². The lowest BCUT2D eigenvalue weighted by atomic mass is 10.0. The van der Waals surface area contributed by atoms with Crippen molar-refractivity contribution in [3.63, 3.8) is 0 Å². The Kier molecular flexibility index (Phi) is 2.63. The van der Waals surface area contributed by atoms with Gasteiger partial charge in [0.25, 0.3) is 5.91 Å². The SMILES string of the molecule is O=C1Nc2cc(F)ccc2/C1=C\c1ccccc1F. The number of carbonyl (C=O) groups is 1. The maximum atomic E-state index is 13.6. The van der Waals surface area contributed by atoms with Gasteiger partial charge in [-0.15, -0.1) is 0 Å². The highest BCUT2D eigenvalue weighted by Gasteiger charge is 2.24. The van der Waals surface area contributed by atoms with Gasteiger partial charge in [0.05, 0.1) is 5.69 Å². The number of carbonyl (C=O) groups excluding carboxylic acids is 1. The van der Waals surface area contributed by atoms with Crippen LogP contribution in [0.4, 0.5) is 14.5 Å². The Bertz CT molecular complexity index is 707. The Hall–Kier alpha value is -2.49. The van der Waals surface area contributed by atoms with Crippen LogP contribution in [0.5, 0.6) is 0 Å². The molecule has 94 valence electrons. The molecule has 0 saturated heterocycles. The fourth-order valence-corrected chi connectivity index (χ4v) is 2.06. The van der Waals surface area contributed by atoms with E-state index in [1.807, 2.05) is 0 Å². The van der Waals surface area contributed by atoms with Crippen LogP contribution in [-0.2, 0) is 4.79 Å². The summed E-state index contributed by atoms with van der Waals surface area (Å²) in [5.41, 5.74) is 1.65. The predicted molar refractivity (Wildman–Crippen MR) is 69.3 cm³/mol. The molecule has 1 aliphatic heterocycles. The van der Waals surface area contributed by atoms with Crippen LogP contribution in [0, 0.1) is 11.6 Å². The van der Waals surface area contributed by atoms with Crippen LogP contribution >= 0.6 is 0 Å². The summed E-state index contributed by atoms with van der Waals surface area (Å²) in [5, 5.41) is 2.56. The van der Waals surface area contributed by atoms with Crippen LogP contribution < -0.4 is 5.32 Å². The van der Waals surface area contributed by atoms with Crippen LogP contribution in [0.3, 0.4) is 0 Å². The molecule has 0 unspecified atom stereocenters. The summed E-state index contributed by atoms with van der Waals surface area (Å²) in [7, 11) is 0. The molecule has 1 aliphatic rings. The Morgan fingerprint density at radius 1 is 1.05 bits per heavy atom. The number of fused-ring (bicyclic) bond motifs is 1. The minimum atomic E-state index is -0.425. The van der Waals surface area contributed by atoms with Gasteiger partial charge in [0, 0.05) is 16.7 Å². The van der Waals surface area contributed by atoms with Crippen molar-refractivity contribution < 1.29 is 13.6 Å². The highest BCUT2D eigenvalue weighted by molar-refractivity contribution is 6.34. The molecular weight excluding hydrogens is 248 g/mol. The fourth-order valence-electron chi connectivity index (χ4n) is 2.06. The lowest BCUT2D eigenvalue weighted by Gasteiger charge is -1.99. The van der Waals surface area contributed by atoms with E-state index in [-0.39, 0.29) is 5.91 Å². The van der Waals surface area contributed by atoms with Crippen molar-refractivity contribution in [2.75, 3.05) is 5.32 Å². The summed E-state index contributed by atoms with van der Waals surface area (Å²) in [6.07, 6.45) is 1.47. The summed E-state index contributed by atoms with van der Waals surface area (Å²) in [6, 6.07) is 10.2. The van der Waals surface area contributed by atoms with Crippen LogP contribution in [-0.4, -0.2) is 5.91 Å². The number of hydrogen-bond acceptors (Lipinski definition) is 1. The van der Waals surface area contributed by atoms with Crippen molar-refractivity contribution in [3.05, 3.63) is 65.2 Å². The third-order valence-corrected chi connectivity index (χ3v) is 2.97. The van der Waals surface area contributed by atoms with Gasteiger partial charge in [-0.2, -0.15) is 0 Å². The fraction of sp³-hybridized carbons (Fsp3) is 0. The number of hydrogen-bond donors (Lipinski definition) is 1. The standard InChI is InChI=1S/C15H9F2NO/c16-10-5-6-11-12(15(19)18-14(11)8-10)7-9-3-1-2-4-13(9)17/h1-8H,(H,18,19)/b12-7+. The summed E-state index contributed by atoms with van der Waals surface area (Å²) < 4.78 is 26.7. The van der Waals surface area contributed by atoms with Crippen LogP contribution in [0.1, 0.15) is 11.1 Å². The first-order valence-corrected chi connectivity index (χ1v) is 5.72. The minimum absolute atomic E-state index is 0.324. The van der Waals surface area contributed by atoms with Gasteiger partial charge in [0.2, 0.25) is 0 Å². The topological polar surface area (TPSA) is 29.1 Å². The van der Waals surface area contributed by atoms with Crippen molar-refractivity contribution >= 4 is 23.2 Å². The van der Waals surface area contributed by atoms with Gasteiger partial charge >= 0.3 is 0 Å². The van der Waals surface area contributed by atoms with E-state index in [4.69, 9.17) is 0 Å². The van der Waals surface area contributed by atoms with Gasteiger partial charge < -0.3 is 5.32 Å². The average molecular weight is 257 g/mol. The molecule has 0 bridgehead atoms. The molecule has 0 aliphatic carbocycles. The number of benzene rings is 2. The molecule has 0 fully saturated rings. The van der Waals surface area contributed by atoms with Crippen molar-refractivity contribution in [1.82, 2.24) is 0 Å². The summed E-state index contributed by atoms with van der Waals surface area (Å²) in [5.74, 6) is -1.19. The van der Waals surface area contributed by atoms with Crippen LogP contribution in [0.15, 0.2) is 42.5 Å². The van der Waals surface area contributed by atoms with E-state index in [1.165, 1.54) is 30.3 Å². The zero-order valence-electron chi connectivity index (χ0n) is 9.78. The molecular formula is C15H9F2NO. The molecule has 1 heterocycles. The highest BCUT2D eigenvalue weighted by atomic mass is 19.1. The molecule has 2 aromatic rings. The largest absolute Gasteiger partial charge is 0.321 e. The molecule has 0 saturated carbocycles. The lowest BCUT2D eigenvalue weighted by molar-refractivity contribution is -0.110. The summed E-state index contributed by atoms with van der Waals surface area (Å²) in [6.45, 7) is 0. The molecule has 4 heteroatoms. The molecule has 3 rings (SSSR count). The zero-order valence-corrected chi connectivity index (χ0v) is 9.78. The first-order chi connectivity index (χ1) is 9.15. The van der Waals surface area contributed by atoms with Crippen molar-refractivity contribution in [2.24, 2.45) is 0 Å². The third kappa shape index (κ3) is 2.01. The van der Waals surface area contributed by atoms with Gasteiger partial charge in [0.15, 0.2) is 0 Å². The van der Waals surface area contributed by atoms with Gasteiger partial charge in [-0.3, -0.25) is 4.79 Å². The first-order valence-electron chi connectivity index (χ1n) is 5.72. The Balaban J connectivity index is 2.12. The van der Waals surface area contributed by atoms with E-state index in [1.54, 1.807) is 18.2 Å². The molecule has 1 amide bonds. The van der Waals surface area contributed by atoms with Gasteiger partial charge in [0.1, 0.15) is 11.6 Å². The minimum Gasteiger partial charge on any atom is -0.321 e. The van der Waals surface area contributed by atoms with E-state index in [0.717, 1.165) is 0 Å². The van der Waals surface area contributed by atoms with Gasteiger partial charge in [-0.25, -0.2) is 8.78 Å². The normalized spacial score (nSPS) is 15.5. The second-order valence-electron chi connectivity index (χ2n) is 4.22. The molecule has 1 N–H and O–H groups in total. The van der Waals surface area contributed by atoms with Crippen molar-refractivity contribution in [2.45, 2.75) is 0 Å². The molecule has 0 spiro atoms. The van der Waals surface area contributed by atoms with E-state index >= 15 is 0 Å². The Morgan fingerprint density at radius 2 is 1.84 bits per heavy atom. The van der Waals surface area contributed by atoms with Crippen LogP contribution in [0.2, 0.25) is 0 Å². The zero-order chi connectivity index (χ0) is 13.4. The molecule has 0 aromatic heterocycles. The maximum Gasteiger partial charge on any atom is 0.256 e. The van der Waals surface area contributed by atoms with E-state index in [2.05, 4.69) is 5.32 Å². The predicted octanol–water partition coefficient (Wildman–Crippen LogP) is 3.46. The second kappa shape index (κ2) is 4.31. The highest BCUT2D eigenvalue weighted by Crippen LogP contribution is 2.33. The number of halogens is 2. The van der Waals surface area contributed by atoms with Crippen molar-refractivity contribution in [1.29, 1.82) is 0 Å². The molecule has 19 heavy (non-hydrogen) atoms. The Labute approximate surface area is 108 Å². The average Bonchev–Trinajstić information content (AvgIpc) is 2.68. The maximum absolute atomic E-state index is 13.6. The molecule has 0 radical (unpaired) electrons. The first kappa shape index (κ1) is 11.6. The second-order valence-corrected chi connectivity index (χ2v) is 4.22. The van der Waals surface area contributed by atoms with E-state index in [9.17, 15) is 13.6 Å². The third-order valence-electron chi connectivity index (χ3n) is 2.97. The Morgan fingerprint density at radius 3 is 2.63 bits per heavy atom. The van der Waals surface area contributed by atoms with Crippen LogP contribution in [0.25, 0.3) is 11.6 Å². The van der Waals surface area contributed by atoms with Gasteiger partial charge in [-0.1, -0.05) is 18.2 Å².